The average Bonchev–Trinajstić information content (AvgIpc) is 3.33. The van der Waals surface area contributed by atoms with Gasteiger partial charge < -0.3 is 10.6 Å². The third-order valence-electron chi connectivity index (χ3n) is 5.11. The zero-order chi connectivity index (χ0) is 21.8. The van der Waals surface area contributed by atoms with E-state index in [1.165, 1.54) is 5.56 Å². The summed E-state index contributed by atoms with van der Waals surface area (Å²) in [4.78, 5) is 24.8. The Morgan fingerprint density at radius 2 is 1.77 bits per heavy atom. The topological polar surface area (TPSA) is 93.3 Å². The van der Waals surface area contributed by atoms with E-state index in [1.54, 1.807) is 16.8 Å². The van der Waals surface area contributed by atoms with Crippen LogP contribution in [0.25, 0.3) is 5.52 Å². The summed E-state index contributed by atoms with van der Waals surface area (Å²) in [5, 5.41) is 14.2. The molecule has 8 heteroatoms. The Balaban J connectivity index is 1.34. The molecule has 0 aliphatic carbocycles. The molecule has 8 nitrogen and oxygen atoms in total. The van der Waals surface area contributed by atoms with Crippen LogP contribution in [0.1, 0.15) is 27.4 Å². The highest BCUT2D eigenvalue weighted by atomic mass is 16.2. The largest absolute Gasteiger partial charge is 0.342 e. The lowest BCUT2D eigenvalue weighted by Gasteiger charge is -2.08. The summed E-state index contributed by atoms with van der Waals surface area (Å²) in [6.07, 6.45) is 2.62. The number of fused-ring (bicyclic) bond motifs is 1. The number of benzene rings is 1. The fraction of sp³-hybridized carbons (Fsp3) is 0.217. The van der Waals surface area contributed by atoms with E-state index in [9.17, 15) is 9.59 Å². The van der Waals surface area contributed by atoms with Crippen molar-refractivity contribution in [1.82, 2.24) is 24.7 Å². The number of hydrogen-bond donors (Lipinski definition) is 2. The number of nitrogens with one attached hydrogen (secondary N) is 2. The minimum absolute atomic E-state index is 0.152. The normalized spacial score (nSPS) is 10.9. The summed E-state index contributed by atoms with van der Waals surface area (Å²) in [6.45, 7) is 4.35. The first-order valence-electron chi connectivity index (χ1n) is 10.1. The van der Waals surface area contributed by atoms with Crippen LogP contribution < -0.4 is 10.6 Å². The van der Waals surface area contributed by atoms with Gasteiger partial charge in [-0.05, 0) is 44.0 Å². The van der Waals surface area contributed by atoms with Crippen LogP contribution in [0.2, 0.25) is 0 Å². The lowest BCUT2D eigenvalue weighted by molar-refractivity contribution is -0.115. The Kier molecular flexibility index (Phi) is 5.79. The molecule has 2 amide bonds. The Bertz CT molecular complexity index is 1190. The van der Waals surface area contributed by atoms with Crippen LogP contribution in [0.4, 0.5) is 5.69 Å². The van der Waals surface area contributed by atoms with E-state index in [1.807, 2.05) is 54.9 Å². The summed E-state index contributed by atoms with van der Waals surface area (Å²) in [7, 11) is 0. The summed E-state index contributed by atoms with van der Waals surface area (Å²) < 4.78 is 3.51. The lowest BCUT2D eigenvalue weighted by Crippen LogP contribution is -2.33. The molecule has 4 rings (SSSR count). The van der Waals surface area contributed by atoms with E-state index in [0.717, 1.165) is 29.9 Å². The van der Waals surface area contributed by atoms with Crippen molar-refractivity contribution < 1.29 is 9.59 Å². The quantitative estimate of drug-likeness (QED) is 0.484. The first kappa shape index (κ1) is 20.3. The molecule has 0 radical (unpaired) electrons. The zero-order valence-electron chi connectivity index (χ0n) is 17.5. The summed E-state index contributed by atoms with van der Waals surface area (Å²) in [6, 6.07) is 17.4. The van der Waals surface area contributed by atoms with Crippen LogP contribution in [0.15, 0.2) is 60.8 Å². The Morgan fingerprint density at radius 3 is 2.55 bits per heavy atom. The van der Waals surface area contributed by atoms with Crippen LogP contribution >= 0.6 is 0 Å². The second-order valence-corrected chi connectivity index (χ2v) is 7.34. The third kappa shape index (κ3) is 4.63. The molecule has 0 bridgehead atoms. The number of pyridine rings is 1. The molecule has 2 N–H and O–H groups in total. The molecule has 3 aromatic heterocycles. The third-order valence-corrected chi connectivity index (χ3v) is 5.11. The highest BCUT2D eigenvalue weighted by Gasteiger charge is 2.16. The second kappa shape index (κ2) is 8.83. The highest BCUT2D eigenvalue weighted by molar-refractivity contribution is 5.99. The zero-order valence-corrected chi connectivity index (χ0v) is 17.5. The van der Waals surface area contributed by atoms with E-state index in [4.69, 9.17) is 0 Å². The lowest BCUT2D eigenvalue weighted by atomic mass is 10.1. The van der Waals surface area contributed by atoms with Gasteiger partial charge in [-0.15, -0.1) is 0 Å². The molecule has 158 valence electrons. The molecule has 0 spiro atoms. The van der Waals surface area contributed by atoms with Crippen molar-refractivity contribution in [3.63, 3.8) is 0 Å². The predicted molar refractivity (Wildman–Crippen MR) is 118 cm³/mol. The van der Waals surface area contributed by atoms with E-state index in [0.29, 0.717) is 5.69 Å². The summed E-state index contributed by atoms with van der Waals surface area (Å²) >= 11 is 0. The number of aromatic nitrogens is 4. The Hall–Kier alpha value is -3.94. The SMILES string of the molecule is Cc1nn(CCc2ccccc2)c(C)c1NC(=O)CNC(=O)c1cc2ccccn2n1. The molecular formula is C23H24N6O2. The fourth-order valence-corrected chi connectivity index (χ4v) is 3.46. The van der Waals surface area contributed by atoms with E-state index in [2.05, 4.69) is 33.0 Å². The minimum Gasteiger partial charge on any atom is -0.342 e. The Morgan fingerprint density at radius 1 is 1.00 bits per heavy atom. The molecular weight excluding hydrogens is 392 g/mol. The molecule has 31 heavy (non-hydrogen) atoms. The van der Waals surface area contributed by atoms with Crippen LogP contribution in [0.3, 0.4) is 0 Å². The van der Waals surface area contributed by atoms with Gasteiger partial charge in [0.2, 0.25) is 5.91 Å². The van der Waals surface area contributed by atoms with Gasteiger partial charge in [-0.1, -0.05) is 36.4 Å². The number of nitrogens with zero attached hydrogens (tertiary/aromatic N) is 4. The van der Waals surface area contributed by atoms with Gasteiger partial charge in [0.15, 0.2) is 5.69 Å². The number of carbonyl (C=O) groups is 2. The first-order valence-corrected chi connectivity index (χ1v) is 10.1. The molecule has 0 unspecified atom stereocenters. The number of hydrogen-bond acceptors (Lipinski definition) is 4. The number of anilines is 1. The van der Waals surface area contributed by atoms with Crippen molar-refractivity contribution in [1.29, 1.82) is 0 Å². The van der Waals surface area contributed by atoms with Gasteiger partial charge >= 0.3 is 0 Å². The molecule has 0 saturated carbocycles. The molecule has 3 heterocycles. The molecule has 0 aliphatic heterocycles. The van der Waals surface area contributed by atoms with Crippen molar-refractivity contribution in [2.75, 3.05) is 11.9 Å². The minimum atomic E-state index is -0.397. The number of aryl methyl sites for hydroxylation is 3. The second-order valence-electron chi connectivity index (χ2n) is 7.34. The molecule has 4 aromatic rings. The molecule has 0 saturated heterocycles. The standard InChI is InChI=1S/C23H24N6O2/c1-16-22(17(2)28(26-16)13-11-18-8-4-3-5-9-18)25-21(30)15-24-23(31)20-14-19-10-6-7-12-29(19)27-20/h3-10,12,14H,11,13,15H2,1-2H3,(H,24,31)(H,25,30). The fourth-order valence-electron chi connectivity index (χ4n) is 3.46. The number of rotatable bonds is 7. The molecule has 0 fully saturated rings. The maximum Gasteiger partial charge on any atom is 0.272 e. The first-order chi connectivity index (χ1) is 15.0. The molecule has 1 aromatic carbocycles. The molecule has 0 atom stereocenters. The van der Waals surface area contributed by atoms with E-state index < -0.39 is 5.91 Å². The number of carbonyl (C=O) groups excluding carboxylic acids is 2. The van der Waals surface area contributed by atoms with Crippen molar-refractivity contribution in [3.05, 3.63) is 83.4 Å². The van der Waals surface area contributed by atoms with Gasteiger partial charge in [0.1, 0.15) is 0 Å². The molecule has 0 aliphatic rings. The van der Waals surface area contributed by atoms with Gasteiger partial charge in [-0.25, -0.2) is 4.52 Å². The van der Waals surface area contributed by atoms with Gasteiger partial charge in [-0.3, -0.25) is 14.3 Å². The van der Waals surface area contributed by atoms with Crippen molar-refractivity contribution in [2.24, 2.45) is 0 Å². The maximum atomic E-state index is 12.4. The predicted octanol–water partition coefficient (Wildman–Crippen LogP) is 2.76. The van der Waals surface area contributed by atoms with Crippen molar-refractivity contribution >= 4 is 23.0 Å². The average molecular weight is 416 g/mol. The highest BCUT2D eigenvalue weighted by Crippen LogP contribution is 2.19. The van der Waals surface area contributed by atoms with Crippen LogP contribution in [0, 0.1) is 13.8 Å². The van der Waals surface area contributed by atoms with Crippen molar-refractivity contribution in [3.8, 4) is 0 Å². The smallest absolute Gasteiger partial charge is 0.272 e. The van der Waals surface area contributed by atoms with Gasteiger partial charge in [0, 0.05) is 12.7 Å². The monoisotopic (exact) mass is 416 g/mol. The number of amides is 2. The van der Waals surface area contributed by atoms with Crippen molar-refractivity contribution in [2.45, 2.75) is 26.8 Å². The van der Waals surface area contributed by atoms with Crippen LogP contribution in [-0.4, -0.2) is 37.8 Å². The van der Waals surface area contributed by atoms with Crippen LogP contribution in [0.5, 0.6) is 0 Å². The Labute approximate surface area is 179 Å². The van der Waals surface area contributed by atoms with Gasteiger partial charge in [-0.2, -0.15) is 10.2 Å². The summed E-state index contributed by atoms with van der Waals surface area (Å²) in [5.41, 5.74) is 4.61. The van der Waals surface area contributed by atoms with Gasteiger partial charge in [0.25, 0.3) is 5.91 Å². The van der Waals surface area contributed by atoms with E-state index in [-0.39, 0.29) is 18.1 Å². The van der Waals surface area contributed by atoms with Crippen LogP contribution in [-0.2, 0) is 17.8 Å². The van der Waals surface area contributed by atoms with E-state index >= 15 is 0 Å². The maximum absolute atomic E-state index is 12.4. The summed E-state index contributed by atoms with van der Waals surface area (Å²) in [5.74, 6) is -0.711. The van der Waals surface area contributed by atoms with Gasteiger partial charge in [0.05, 0.1) is 29.1 Å².